The molecule has 0 atom stereocenters. The molecule has 0 radical (unpaired) electrons. The number of nitrogens with one attached hydrogen (secondary N) is 2. The fraction of sp³-hybridized carbons (Fsp3) is 0.0476. The molecule has 0 spiro atoms. The van der Waals surface area contributed by atoms with Crippen molar-refractivity contribution in [2.75, 3.05) is 5.32 Å². The first-order valence-electron chi connectivity index (χ1n) is 8.78. The van der Waals surface area contributed by atoms with Crippen LogP contribution in [0.4, 0.5) is 15.8 Å². The van der Waals surface area contributed by atoms with Crippen LogP contribution in [0.3, 0.4) is 0 Å². The van der Waals surface area contributed by atoms with Crippen molar-refractivity contribution in [3.8, 4) is 0 Å². The Bertz CT molecular complexity index is 1240. The summed E-state index contributed by atoms with van der Waals surface area (Å²) in [5.74, 6) is -0.291. The summed E-state index contributed by atoms with van der Waals surface area (Å²) < 4.78 is 13.9. The third-order valence-corrected chi connectivity index (χ3v) is 4.45. The molecular formula is C21H15FN4O3. The molecule has 3 aromatic carbocycles. The van der Waals surface area contributed by atoms with Crippen molar-refractivity contribution in [1.82, 2.24) is 9.97 Å². The number of rotatable bonds is 5. The molecule has 1 aromatic heterocycles. The average Bonchev–Trinajstić information content (AvgIpc) is 3.11. The first-order valence-corrected chi connectivity index (χ1v) is 8.78. The topological polar surface area (TPSA) is 101 Å². The molecule has 8 heteroatoms. The first kappa shape index (κ1) is 18.3. The van der Waals surface area contributed by atoms with Crippen LogP contribution in [0, 0.1) is 15.9 Å². The monoisotopic (exact) mass is 390 g/mol. The quantitative estimate of drug-likeness (QED) is 0.388. The minimum absolute atomic E-state index is 0.0255. The lowest BCUT2D eigenvalue weighted by Crippen LogP contribution is -2.13. The highest BCUT2D eigenvalue weighted by atomic mass is 19.1. The molecule has 0 unspecified atom stereocenters. The molecule has 0 saturated carbocycles. The van der Waals surface area contributed by atoms with E-state index < -0.39 is 10.8 Å². The van der Waals surface area contributed by atoms with Crippen LogP contribution in [0.15, 0.2) is 66.7 Å². The zero-order valence-corrected chi connectivity index (χ0v) is 15.1. The Morgan fingerprint density at radius 1 is 1.10 bits per heavy atom. The SMILES string of the molecule is O=C(Nc1ccc2nc(Cc3ccccc3F)[nH]c2c1)c1ccccc1[N+](=O)[O-]. The highest BCUT2D eigenvalue weighted by molar-refractivity contribution is 6.07. The van der Waals surface area contributed by atoms with Crippen molar-refractivity contribution >= 4 is 28.3 Å². The fourth-order valence-electron chi connectivity index (χ4n) is 3.07. The van der Waals surface area contributed by atoms with Crippen LogP contribution in [-0.4, -0.2) is 20.8 Å². The van der Waals surface area contributed by atoms with Gasteiger partial charge in [0.2, 0.25) is 0 Å². The van der Waals surface area contributed by atoms with Gasteiger partial charge in [-0.05, 0) is 35.9 Å². The predicted octanol–water partition coefficient (Wildman–Crippen LogP) is 4.45. The smallest absolute Gasteiger partial charge is 0.282 e. The highest BCUT2D eigenvalue weighted by Gasteiger charge is 2.19. The maximum absolute atomic E-state index is 13.9. The number of aromatic amines is 1. The van der Waals surface area contributed by atoms with Gasteiger partial charge in [0, 0.05) is 18.2 Å². The summed E-state index contributed by atoms with van der Waals surface area (Å²) >= 11 is 0. The third kappa shape index (κ3) is 3.81. The van der Waals surface area contributed by atoms with Crippen LogP contribution >= 0.6 is 0 Å². The van der Waals surface area contributed by atoms with Gasteiger partial charge < -0.3 is 10.3 Å². The van der Waals surface area contributed by atoms with Gasteiger partial charge in [-0.25, -0.2) is 9.37 Å². The van der Waals surface area contributed by atoms with E-state index in [-0.39, 0.29) is 17.1 Å². The van der Waals surface area contributed by atoms with Gasteiger partial charge in [-0.1, -0.05) is 30.3 Å². The second-order valence-electron chi connectivity index (χ2n) is 6.41. The second-order valence-corrected chi connectivity index (χ2v) is 6.41. The standard InChI is InChI=1S/C21H15FN4O3/c22-16-7-3-1-5-13(16)11-20-24-17-10-9-14(12-18(17)25-20)23-21(27)15-6-2-4-8-19(15)26(28)29/h1-10,12H,11H2,(H,23,27)(H,24,25). The molecule has 144 valence electrons. The van der Waals surface area contributed by atoms with E-state index in [9.17, 15) is 19.3 Å². The number of carbonyl (C=O) groups is 1. The molecule has 1 amide bonds. The Hall–Kier alpha value is -4.07. The van der Waals surface area contributed by atoms with E-state index in [0.717, 1.165) is 0 Å². The number of carbonyl (C=O) groups excluding carboxylic acids is 1. The number of para-hydroxylation sites is 1. The molecule has 0 bridgehead atoms. The van der Waals surface area contributed by atoms with Gasteiger partial charge in [0.25, 0.3) is 11.6 Å². The molecule has 7 nitrogen and oxygen atoms in total. The van der Waals surface area contributed by atoms with Gasteiger partial charge in [-0.2, -0.15) is 0 Å². The molecular weight excluding hydrogens is 375 g/mol. The number of hydrogen-bond acceptors (Lipinski definition) is 4. The van der Waals surface area contributed by atoms with Crippen molar-refractivity contribution < 1.29 is 14.1 Å². The summed E-state index contributed by atoms with van der Waals surface area (Å²) in [6.07, 6.45) is 0.305. The summed E-state index contributed by atoms with van der Waals surface area (Å²) in [6.45, 7) is 0. The third-order valence-electron chi connectivity index (χ3n) is 4.45. The Kier molecular flexibility index (Phi) is 4.74. The van der Waals surface area contributed by atoms with Gasteiger partial charge in [0.15, 0.2) is 0 Å². The number of fused-ring (bicyclic) bond motifs is 1. The summed E-state index contributed by atoms with van der Waals surface area (Å²) in [5, 5.41) is 13.8. The van der Waals surface area contributed by atoms with Crippen LogP contribution in [0.1, 0.15) is 21.7 Å². The number of aromatic nitrogens is 2. The number of hydrogen-bond donors (Lipinski definition) is 2. The Labute approximate surface area is 164 Å². The van der Waals surface area contributed by atoms with Gasteiger partial charge in [0.05, 0.1) is 16.0 Å². The number of benzene rings is 3. The van der Waals surface area contributed by atoms with Gasteiger partial charge in [0.1, 0.15) is 17.2 Å². The van der Waals surface area contributed by atoms with Crippen molar-refractivity contribution in [2.45, 2.75) is 6.42 Å². The lowest BCUT2D eigenvalue weighted by atomic mass is 10.1. The first-order chi connectivity index (χ1) is 14.0. The number of anilines is 1. The number of nitro groups is 1. The highest BCUT2D eigenvalue weighted by Crippen LogP contribution is 2.22. The molecule has 2 N–H and O–H groups in total. The molecule has 0 saturated heterocycles. The minimum atomic E-state index is -0.595. The Balaban J connectivity index is 1.57. The molecule has 4 rings (SSSR count). The van der Waals surface area contributed by atoms with E-state index in [0.29, 0.717) is 34.5 Å². The number of nitrogens with zero attached hydrogens (tertiary/aromatic N) is 2. The van der Waals surface area contributed by atoms with Crippen LogP contribution in [-0.2, 0) is 6.42 Å². The van der Waals surface area contributed by atoms with Gasteiger partial charge in [-0.3, -0.25) is 14.9 Å². The number of halogens is 1. The summed E-state index contributed by atoms with van der Waals surface area (Å²) in [7, 11) is 0. The molecule has 0 aliphatic heterocycles. The lowest BCUT2D eigenvalue weighted by molar-refractivity contribution is -0.385. The Morgan fingerprint density at radius 2 is 1.86 bits per heavy atom. The summed E-state index contributed by atoms with van der Waals surface area (Å²) in [4.78, 5) is 30.6. The Morgan fingerprint density at radius 3 is 2.66 bits per heavy atom. The van der Waals surface area contributed by atoms with E-state index in [2.05, 4.69) is 15.3 Å². The van der Waals surface area contributed by atoms with E-state index in [4.69, 9.17) is 0 Å². The van der Waals surface area contributed by atoms with E-state index in [1.807, 2.05) is 0 Å². The van der Waals surface area contributed by atoms with Crippen molar-refractivity contribution in [3.63, 3.8) is 0 Å². The zero-order valence-electron chi connectivity index (χ0n) is 15.1. The maximum Gasteiger partial charge on any atom is 0.282 e. The van der Waals surface area contributed by atoms with E-state index >= 15 is 0 Å². The van der Waals surface area contributed by atoms with E-state index in [1.54, 1.807) is 42.5 Å². The van der Waals surface area contributed by atoms with Crippen molar-refractivity contribution in [3.05, 3.63) is 99.6 Å². The van der Waals surface area contributed by atoms with Crippen molar-refractivity contribution in [1.29, 1.82) is 0 Å². The largest absolute Gasteiger partial charge is 0.342 e. The fourth-order valence-corrected chi connectivity index (χ4v) is 3.07. The minimum Gasteiger partial charge on any atom is -0.342 e. The lowest BCUT2D eigenvalue weighted by Gasteiger charge is -2.05. The zero-order chi connectivity index (χ0) is 20.4. The molecule has 29 heavy (non-hydrogen) atoms. The van der Waals surface area contributed by atoms with Crippen LogP contribution in [0.25, 0.3) is 11.0 Å². The molecule has 1 heterocycles. The van der Waals surface area contributed by atoms with E-state index in [1.165, 1.54) is 24.3 Å². The molecule has 0 aliphatic rings. The van der Waals surface area contributed by atoms with Gasteiger partial charge in [-0.15, -0.1) is 0 Å². The molecule has 4 aromatic rings. The number of nitro benzene ring substituents is 1. The molecule has 0 fully saturated rings. The van der Waals surface area contributed by atoms with Gasteiger partial charge >= 0.3 is 0 Å². The number of amides is 1. The average molecular weight is 390 g/mol. The van der Waals surface area contributed by atoms with Crippen LogP contribution < -0.4 is 5.32 Å². The maximum atomic E-state index is 13.9. The number of imidazole rings is 1. The second kappa shape index (κ2) is 7.51. The van der Waals surface area contributed by atoms with Crippen LogP contribution in [0.2, 0.25) is 0 Å². The number of H-pyrrole nitrogens is 1. The summed E-state index contributed by atoms with van der Waals surface area (Å²) in [6, 6.07) is 17.3. The van der Waals surface area contributed by atoms with Crippen molar-refractivity contribution in [2.24, 2.45) is 0 Å². The summed E-state index contributed by atoms with van der Waals surface area (Å²) in [5.41, 5.74) is 2.03. The predicted molar refractivity (Wildman–Crippen MR) is 106 cm³/mol. The normalized spacial score (nSPS) is 10.8. The van der Waals surface area contributed by atoms with Crippen LogP contribution in [0.5, 0.6) is 0 Å². The molecule has 0 aliphatic carbocycles.